The average molecular weight is 316 g/mol. The van der Waals surface area contributed by atoms with Crippen molar-refractivity contribution >= 4 is 18.4 Å². The van der Waals surface area contributed by atoms with Crippen LogP contribution in [0.5, 0.6) is 0 Å². The van der Waals surface area contributed by atoms with Gasteiger partial charge in [-0.15, -0.1) is 12.4 Å². The molecule has 0 aliphatic heterocycles. The first-order valence-electron chi connectivity index (χ1n) is 5.48. The van der Waals surface area contributed by atoms with Crippen molar-refractivity contribution < 1.29 is 27.1 Å². The number of carbonyl (C=O) groups is 1. The van der Waals surface area contributed by atoms with E-state index in [1.54, 1.807) is 0 Å². The number of esters is 1. The summed E-state index contributed by atoms with van der Waals surface area (Å²) in [6, 6.07) is -0.551. The van der Waals surface area contributed by atoms with Gasteiger partial charge in [-0.2, -0.15) is 8.78 Å². The minimum atomic E-state index is -4.22. The lowest BCUT2D eigenvalue weighted by atomic mass is 9.98. The zero-order valence-electron chi connectivity index (χ0n) is 10.8. The Morgan fingerprint density at radius 1 is 1.40 bits per heavy atom. The summed E-state index contributed by atoms with van der Waals surface area (Å²) >= 11 is 0. The van der Waals surface area contributed by atoms with Crippen LogP contribution in [0.2, 0.25) is 0 Å². The molecule has 0 heterocycles. The Morgan fingerprint density at radius 2 is 1.95 bits per heavy atom. The number of hydrogen-bond donors (Lipinski definition) is 1. The molecule has 0 aliphatic carbocycles. The third-order valence-corrected chi connectivity index (χ3v) is 2.57. The van der Waals surface area contributed by atoms with Gasteiger partial charge in [0.15, 0.2) is 0 Å². The molecule has 1 aromatic rings. The summed E-state index contributed by atoms with van der Waals surface area (Å²) in [5.41, 5.74) is 4.06. The van der Waals surface area contributed by atoms with Gasteiger partial charge in [0.2, 0.25) is 0 Å². The maximum Gasteiger partial charge on any atom is 0.379 e. The van der Waals surface area contributed by atoms with Crippen LogP contribution in [-0.4, -0.2) is 18.5 Å². The Morgan fingerprint density at radius 3 is 2.45 bits per heavy atom. The summed E-state index contributed by atoms with van der Waals surface area (Å²) < 4.78 is 58.6. The van der Waals surface area contributed by atoms with Crippen molar-refractivity contribution in [3.05, 3.63) is 34.9 Å². The number of ether oxygens (including phenoxy) is 1. The third-order valence-electron chi connectivity index (χ3n) is 2.57. The van der Waals surface area contributed by atoms with Crippen LogP contribution in [0.15, 0.2) is 12.1 Å². The van der Waals surface area contributed by atoms with E-state index in [0.717, 1.165) is 12.1 Å². The van der Waals surface area contributed by atoms with E-state index in [-0.39, 0.29) is 24.6 Å². The fraction of sp³-hybridized carbons (Fsp3) is 0.417. The Kier molecular flexibility index (Phi) is 6.43. The number of hydrogen-bond acceptors (Lipinski definition) is 3. The van der Waals surface area contributed by atoms with E-state index in [1.165, 1.54) is 13.8 Å². The largest absolute Gasteiger partial charge is 0.462 e. The molecule has 0 bridgehead atoms. The fourth-order valence-electron chi connectivity index (χ4n) is 1.50. The van der Waals surface area contributed by atoms with Gasteiger partial charge in [-0.1, -0.05) is 6.07 Å². The number of alkyl halides is 2. The van der Waals surface area contributed by atoms with Gasteiger partial charge in [-0.3, -0.25) is 0 Å². The lowest BCUT2D eigenvalue weighted by molar-refractivity contribution is -0.175. The van der Waals surface area contributed by atoms with Crippen LogP contribution in [0, 0.1) is 18.6 Å². The van der Waals surface area contributed by atoms with Gasteiger partial charge >= 0.3 is 11.9 Å². The predicted molar refractivity (Wildman–Crippen MR) is 66.9 cm³/mol. The van der Waals surface area contributed by atoms with E-state index in [2.05, 4.69) is 4.74 Å². The van der Waals surface area contributed by atoms with Crippen molar-refractivity contribution in [1.29, 1.82) is 0 Å². The predicted octanol–water partition coefficient (Wildman–Crippen LogP) is 2.89. The molecule has 0 aromatic heterocycles. The summed E-state index contributed by atoms with van der Waals surface area (Å²) in [4.78, 5) is 11.1. The van der Waals surface area contributed by atoms with E-state index in [1.807, 2.05) is 0 Å². The molecule has 1 aromatic carbocycles. The Hall–Kier alpha value is -1.34. The van der Waals surface area contributed by atoms with Gasteiger partial charge < -0.3 is 10.5 Å². The van der Waals surface area contributed by atoms with E-state index < -0.39 is 35.1 Å². The van der Waals surface area contributed by atoms with Crippen molar-refractivity contribution in [2.24, 2.45) is 5.73 Å². The van der Waals surface area contributed by atoms with Crippen LogP contribution in [0.4, 0.5) is 17.6 Å². The maximum atomic E-state index is 13.7. The smallest absolute Gasteiger partial charge is 0.379 e. The number of aryl methyl sites for hydroxylation is 1. The molecule has 1 rings (SSSR count). The highest BCUT2D eigenvalue weighted by Crippen LogP contribution is 2.34. The molecule has 0 amide bonds. The van der Waals surface area contributed by atoms with Crippen molar-refractivity contribution in [2.75, 3.05) is 6.61 Å². The molecule has 1 atom stereocenters. The molecule has 3 nitrogen and oxygen atoms in total. The second-order valence-electron chi connectivity index (χ2n) is 3.91. The zero-order chi connectivity index (χ0) is 14.8. The quantitative estimate of drug-likeness (QED) is 0.686. The summed E-state index contributed by atoms with van der Waals surface area (Å²) in [5, 5.41) is 0. The van der Waals surface area contributed by atoms with Crippen LogP contribution >= 0.6 is 12.4 Å². The van der Waals surface area contributed by atoms with E-state index >= 15 is 0 Å². The highest BCUT2D eigenvalue weighted by molar-refractivity contribution is 5.85. The van der Waals surface area contributed by atoms with Crippen LogP contribution in [0.1, 0.15) is 24.1 Å². The molecule has 0 unspecified atom stereocenters. The first-order chi connectivity index (χ1) is 8.73. The molecular formula is C12H14ClF4NO2. The first kappa shape index (κ1) is 18.7. The summed E-state index contributed by atoms with van der Waals surface area (Å²) in [5.74, 6) is -8.57. The Labute approximate surface area is 119 Å². The van der Waals surface area contributed by atoms with E-state index in [9.17, 15) is 22.4 Å². The minimum Gasteiger partial charge on any atom is -0.462 e. The first-order valence-corrected chi connectivity index (χ1v) is 5.48. The zero-order valence-corrected chi connectivity index (χ0v) is 11.6. The highest BCUT2D eigenvalue weighted by Gasteiger charge is 2.49. The van der Waals surface area contributed by atoms with Crippen molar-refractivity contribution in [2.45, 2.75) is 25.8 Å². The van der Waals surface area contributed by atoms with Gasteiger partial charge in [-0.25, -0.2) is 13.6 Å². The number of rotatable bonds is 4. The van der Waals surface area contributed by atoms with E-state index in [0.29, 0.717) is 0 Å². The summed E-state index contributed by atoms with van der Waals surface area (Å²) in [7, 11) is 0. The number of nitrogens with two attached hydrogens (primary N) is 1. The number of halogens is 5. The van der Waals surface area contributed by atoms with Crippen LogP contribution < -0.4 is 5.73 Å². The molecule has 0 saturated heterocycles. The van der Waals surface area contributed by atoms with Gasteiger partial charge in [0.25, 0.3) is 0 Å². The second-order valence-corrected chi connectivity index (χ2v) is 3.91. The van der Waals surface area contributed by atoms with Gasteiger partial charge in [0.05, 0.1) is 6.61 Å². The molecule has 0 radical (unpaired) electrons. The monoisotopic (exact) mass is 315 g/mol. The van der Waals surface area contributed by atoms with E-state index in [4.69, 9.17) is 5.73 Å². The van der Waals surface area contributed by atoms with Gasteiger partial charge in [0, 0.05) is 5.56 Å². The highest BCUT2D eigenvalue weighted by atomic mass is 35.5. The topological polar surface area (TPSA) is 52.3 Å². The molecule has 2 N–H and O–H groups in total. The van der Waals surface area contributed by atoms with Crippen molar-refractivity contribution in [3.8, 4) is 0 Å². The molecule has 0 fully saturated rings. The van der Waals surface area contributed by atoms with Crippen LogP contribution in [-0.2, 0) is 9.53 Å². The molecule has 20 heavy (non-hydrogen) atoms. The van der Waals surface area contributed by atoms with Gasteiger partial charge in [-0.05, 0) is 25.5 Å². The van der Waals surface area contributed by atoms with Crippen molar-refractivity contribution in [1.82, 2.24) is 0 Å². The minimum absolute atomic E-state index is 0. The fourth-order valence-corrected chi connectivity index (χ4v) is 1.50. The second kappa shape index (κ2) is 6.90. The third kappa shape index (κ3) is 3.40. The SMILES string of the molecule is CCOC(=O)C(F)(F)[C@H](N)c1c(F)ccc(C)c1F.Cl. The normalized spacial score (nSPS) is 12.6. The molecule has 0 saturated carbocycles. The molecule has 0 spiro atoms. The summed E-state index contributed by atoms with van der Waals surface area (Å²) in [6.07, 6.45) is 0. The van der Waals surface area contributed by atoms with Crippen molar-refractivity contribution in [3.63, 3.8) is 0 Å². The molecule has 0 aliphatic rings. The Balaban J connectivity index is 0.00000361. The number of benzene rings is 1. The number of carbonyl (C=O) groups excluding carboxylic acids is 1. The van der Waals surface area contributed by atoms with Gasteiger partial charge in [0.1, 0.15) is 17.7 Å². The standard InChI is InChI=1S/C12H13F4NO2.ClH/c1-3-19-11(18)12(15,16)10(17)8-7(13)5-4-6(2)9(8)14;/h4-5,10H,3,17H2,1-2H3;1H/t10-;/m1./s1. The average Bonchev–Trinajstić information content (AvgIpc) is 2.34. The lowest BCUT2D eigenvalue weighted by Crippen LogP contribution is -2.42. The molecular weight excluding hydrogens is 302 g/mol. The van der Waals surface area contributed by atoms with Crippen LogP contribution in [0.3, 0.4) is 0 Å². The Bertz CT molecular complexity index is 497. The van der Waals surface area contributed by atoms with Crippen LogP contribution in [0.25, 0.3) is 0 Å². The molecule has 8 heteroatoms. The molecule has 114 valence electrons. The maximum absolute atomic E-state index is 13.7. The lowest BCUT2D eigenvalue weighted by Gasteiger charge is -2.23. The summed E-state index contributed by atoms with van der Waals surface area (Å²) in [6.45, 7) is 2.31.